The van der Waals surface area contributed by atoms with Crippen molar-refractivity contribution < 1.29 is 4.39 Å². The van der Waals surface area contributed by atoms with Crippen LogP contribution in [0.5, 0.6) is 0 Å². The molecule has 1 nitrogen and oxygen atoms in total. The Bertz CT molecular complexity index is 150. The van der Waals surface area contributed by atoms with Gasteiger partial charge in [0.15, 0.2) is 0 Å². The van der Waals surface area contributed by atoms with Gasteiger partial charge in [0, 0.05) is 6.54 Å². The average molecular weight is 173 g/mol. The molecular weight excluding hydrogens is 153 g/mol. The van der Waals surface area contributed by atoms with E-state index in [0.29, 0.717) is 6.54 Å². The lowest BCUT2D eigenvalue weighted by Gasteiger charge is -2.39. The Labute approximate surface area is 74.9 Å². The molecule has 12 heavy (non-hydrogen) atoms. The first kappa shape index (κ1) is 9.97. The van der Waals surface area contributed by atoms with Crippen molar-refractivity contribution >= 4 is 0 Å². The van der Waals surface area contributed by atoms with E-state index >= 15 is 0 Å². The van der Waals surface area contributed by atoms with Crippen molar-refractivity contribution in [3.63, 3.8) is 0 Å². The van der Waals surface area contributed by atoms with Gasteiger partial charge in [-0.15, -0.1) is 0 Å². The van der Waals surface area contributed by atoms with Crippen LogP contribution in [0.15, 0.2) is 0 Å². The summed E-state index contributed by atoms with van der Waals surface area (Å²) in [4.78, 5) is 2.08. The minimum absolute atomic E-state index is 0.126. The van der Waals surface area contributed by atoms with Crippen LogP contribution in [0, 0.1) is 11.3 Å². The first-order chi connectivity index (χ1) is 5.41. The van der Waals surface area contributed by atoms with E-state index in [0.717, 1.165) is 13.0 Å². The largest absolute Gasteiger partial charge is 0.303 e. The molecule has 2 atom stereocenters. The fourth-order valence-corrected chi connectivity index (χ4v) is 2.03. The molecule has 0 bridgehead atoms. The molecule has 2 heteroatoms. The van der Waals surface area contributed by atoms with Crippen LogP contribution in [0.2, 0.25) is 0 Å². The molecule has 0 amide bonds. The Morgan fingerprint density at radius 1 is 1.33 bits per heavy atom. The molecule has 0 aromatic heterocycles. The molecule has 1 fully saturated rings. The van der Waals surface area contributed by atoms with E-state index in [1.54, 1.807) is 0 Å². The Balaban J connectivity index is 2.57. The van der Waals surface area contributed by atoms with Crippen molar-refractivity contribution in [1.82, 2.24) is 4.90 Å². The highest BCUT2D eigenvalue weighted by Crippen LogP contribution is 2.35. The summed E-state index contributed by atoms with van der Waals surface area (Å²) in [5, 5.41) is 0. The van der Waals surface area contributed by atoms with Gasteiger partial charge in [-0.25, -0.2) is 4.39 Å². The van der Waals surface area contributed by atoms with Gasteiger partial charge in [0.25, 0.3) is 0 Å². The third-order valence-corrected chi connectivity index (χ3v) is 2.86. The highest BCUT2D eigenvalue weighted by molar-refractivity contribution is 4.86. The predicted molar refractivity (Wildman–Crippen MR) is 50.0 cm³/mol. The Morgan fingerprint density at radius 2 is 1.92 bits per heavy atom. The number of likely N-dealkylation sites (tertiary alicyclic amines) is 1. The minimum Gasteiger partial charge on any atom is -0.303 e. The van der Waals surface area contributed by atoms with Crippen molar-refractivity contribution in [3.05, 3.63) is 0 Å². The number of rotatable bonds is 0. The van der Waals surface area contributed by atoms with Crippen LogP contribution in [0.3, 0.4) is 0 Å². The number of halogens is 1. The topological polar surface area (TPSA) is 3.24 Å². The van der Waals surface area contributed by atoms with Gasteiger partial charge in [0.05, 0.1) is 0 Å². The summed E-state index contributed by atoms with van der Waals surface area (Å²) >= 11 is 0. The smallest absolute Gasteiger partial charge is 0.116 e. The second-order valence-corrected chi connectivity index (χ2v) is 5.04. The lowest BCUT2D eigenvalue weighted by Crippen LogP contribution is -2.44. The van der Waals surface area contributed by atoms with Gasteiger partial charge in [-0.05, 0) is 31.3 Å². The van der Waals surface area contributed by atoms with Crippen LogP contribution in [0.25, 0.3) is 0 Å². The quantitative estimate of drug-likeness (QED) is 0.543. The molecule has 0 radical (unpaired) electrons. The SMILES string of the molecule is CN1CC[C@@H](C(C)(C)C)[C@@H](F)C1. The van der Waals surface area contributed by atoms with Crippen LogP contribution in [0.1, 0.15) is 27.2 Å². The Hall–Kier alpha value is -0.110. The summed E-state index contributed by atoms with van der Waals surface area (Å²) in [6, 6.07) is 0. The molecule has 1 rings (SSSR count). The number of hydrogen-bond acceptors (Lipinski definition) is 1. The van der Waals surface area contributed by atoms with E-state index < -0.39 is 6.17 Å². The maximum atomic E-state index is 13.6. The molecule has 1 aliphatic heterocycles. The molecule has 0 aliphatic carbocycles. The number of alkyl halides is 1. The fourth-order valence-electron chi connectivity index (χ4n) is 2.03. The molecule has 72 valence electrons. The summed E-state index contributed by atoms with van der Waals surface area (Å²) < 4.78 is 13.6. The Morgan fingerprint density at radius 3 is 2.33 bits per heavy atom. The summed E-state index contributed by atoms with van der Waals surface area (Å²) in [6.45, 7) is 8.06. The molecule has 1 heterocycles. The molecule has 0 N–H and O–H groups in total. The van der Waals surface area contributed by atoms with E-state index in [2.05, 4.69) is 25.7 Å². The van der Waals surface area contributed by atoms with Gasteiger partial charge < -0.3 is 4.90 Å². The van der Waals surface area contributed by atoms with E-state index in [-0.39, 0.29) is 11.3 Å². The van der Waals surface area contributed by atoms with Crippen LogP contribution >= 0.6 is 0 Å². The van der Waals surface area contributed by atoms with Crippen LogP contribution in [-0.4, -0.2) is 31.2 Å². The second-order valence-electron chi connectivity index (χ2n) is 5.04. The minimum atomic E-state index is -0.635. The number of piperidine rings is 1. The first-order valence-electron chi connectivity index (χ1n) is 4.74. The highest BCUT2D eigenvalue weighted by atomic mass is 19.1. The number of nitrogens with zero attached hydrogens (tertiary/aromatic N) is 1. The first-order valence-corrected chi connectivity index (χ1v) is 4.74. The molecule has 0 aromatic rings. The zero-order chi connectivity index (χ0) is 9.35. The summed E-state index contributed by atoms with van der Waals surface area (Å²) in [5.74, 6) is 0.244. The van der Waals surface area contributed by atoms with Gasteiger partial charge in [-0.1, -0.05) is 20.8 Å². The molecule has 0 unspecified atom stereocenters. The third-order valence-electron chi connectivity index (χ3n) is 2.86. The van der Waals surface area contributed by atoms with Gasteiger partial charge in [0.1, 0.15) is 6.17 Å². The van der Waals surface area contributed by atoms with Gasteiger partial charge in [-0.2, -0.15) is 0 Å². The summed E-state index contributed by atoms with van der Waals surface area (Å²) in [7, 11) is 1.99. The maximum absolute atomic E-state index is 13.6. The van der Waals surface area contributed by atoms with Crippen molar-refractivity contribution in [1.29, 1.82) is 0 Å². The molecule has 1 aliphatic rings. The van der Waals surface area contributed by atoms with Gasteiger partial charge >= 0.3 is 0 Å². The lowest BCUT2D eigenvalue weighted by molar-refractivity contribution is 0.0370. The van der Waals surface area contributed by atoms with Gasteiger partial charge in [-0.3, -0.25) is 0 Å². The molecule has 0 spiro atoms. The standard InChI is InChI=1S/C10H20FN/c1-10(2,3)8-5-6-12(4)7-9(8)11/h8-9H,5-7H2,1-4H3/t8-,9+/m1/s1. The monoisotopic (exact) mass is 173 g/mol. The molecule has 1 saturated heterocycles. The maximum Gasteiger partial charge on any atom is 0.116 e. The van der Waals surface area contributed by atoms with E-state index in [1.807, 2.05) is 7.05 Å². The van der Waals surface area contributed by atoms with E-state index in [1.165, 1.54) is 0 Å². The van der Waals surface area contributed by atoms with Crippen LogP contribution in [0.4, 0.5) is 4.39 Å². The second kappa shape index (κ2) is 3.33. The molecule has 0 aromatic carbocycles. The fraction of sp³-hybridized carbons (Fsp3) is 1.00. The van der Waals surface area contributed by atoms with Crippen molar-refractivity contribution in [3.8, 4) is 0 Å². The zero-order valence-corrected chi connectivity index (χ0v) is 8.60. The third kappa shape index (κ3) is 2.19. The average Bonchev–Trinajstić information content (AvgIpc) is 1.83. The molecular formula is C10H20FN. The van der Waals surface area contributed by atoms with E-state index in [9.17, 15) is 4.39 Å². The van der Waals surface area contributed by atoms with Gasteiger partial charge in [0.2, 0.25) is 0 Å². The van der Waals surface area contributed by atoms with Crippen molar-refractivity contribution in [2.45, 2.75) is 33.4 Å². The van der Waals surface area contributed by atoms with Crippen LogP contribution in [-0.2, 0) is 0 Å². The van der Waals surface area contributed by atoms with Crippen LogP contribution < -0.4 is 0 Å². The van der Waals surface area contributed by atoms with E-state index in [4.69, 9.17) is 0 Å². The predicted octanol–water partition coefficient (Wildman–Crippen LogP) is 2.32. The zero-order valence-electron chi connectivity index (χ0n) is 8.60. The van der Waals surface area contributed by atoms with Crippen molar-refractivity contribution in [2.24, 2.45) is 11.3 Å². The normalized spacial score (nSPS) is 33.8. The molecule has 0 saturated carbocycles. The summed E-state index contributed by atoms with van der Waals surface area (Å²) in [6.07, 6.45) is 0.366. The highest BCUT2D eigenvalue weighted by Gasteiger charge is 2.35. The van der Waals surface area contributed by atoms with Crippen molar-refractivity contribution in [2.75, 3.05) is 20.1 Å². The summed E-state index contributed by atoms with van der Waals surface area (Å²) in [5.41, 5.74) is 0.126. The number of hydrogen-bond donors (Lipinski definition) is 0. The Kier molecular flexibility index (Phi) is 2.77. The lowest BCUT2D eigenvalue weighted by atomic mass is 9.74.